The molecular formula is C22H22N2O5S. The summed E-state index contributed by atoms with van der Waals surface area (Å²) in [6, 6.07) is 21.0. The Morgan fingerprint density at radius 1 is 0.967 bits per heavy atom. The quantitative estimate of drug-likeness (QED) is 0.587. The van der Waals surface area contributed by atoms with E-state index in [4.69, 9.17) is 4.74 Å². The fourth-order valence-electron chi connectivity index (χ4n) is 2.91. The molecule has 1 amide bonds. The number of sulfonamides is 1. The maximum Gasteiger partial charge on any atom is 0.321 e. The maximum absolute atomic E-state index is 12.5. The van der Waals surface area contributed by atoms with Crippen molar-refractivity contribution in [3.63, 3.8) is 0 Å². The molecule has 1 atom stereocenters. The number of hydrogen-bond donors (Lipinski definition) is 1. The van der Waals surface area contributed by atoms with Crippen molar-refractivity contribution in [2.45, 2.75) is 17.9 Å². The Kier molecular flexibility index (Phi) is 6.49. The van der Waals surface area contributed by atoms with Crippen LogP contribution in [0.3, 0.4) is 0 Å². The highest BCUT2D eigenvalue weighted by Gasteiger charge is 2.23. The number of esters is 1. The zero-order valence-electron chi connectivity index (χ0n) is 16.6. The van der Waals surface area contributed by atoms with Crippen LogP contribution in [-0.2, 0) is 24.3 Å². The summed E-state index contributed by atoms with van der Waals surface area (Å²) in [7, 11) is -2.33. The first-order valence-corrected chi connectivity index (χ1v) is 10.8. The smallest absolute Gasteiger partial charge is 0.321 e. The fraction of sp³-hybridized carbons (Fsp3) is 0.182. The van der Waals surface area contributed by atoms with Crippen molar-refractivity contribution in [2.24, 2.45) is 0 Å². The number of amides is 1. The summed E-state index contributed by atoms with van der Waals surface area (Å²) in [5, 5.41) is 1.68. The minimum absolute atomic E-state index is 0.0435. The molecule has 30 heavy (non-hydrogen) atoms. The molecule has 3 rings (SSSR count). The summed E-state index contributed by atoms with van der Waals surface area (Å²) in [5.41, 5.74) is 0.655. The first-order valence-electron chi connectivity index (χ1n) is 9.28. The zero-order chi connectivity index (χ0) is 21.7. The van der Waals surface area contributed by atoms with Crippen molar-refractivity contribution in [3.05, 3.63) is 72.8 Å². The third-order valence-electron chi connectivity index (χ3n) is 4.57. The molecule has 3 aromatic carbocycles. The zero-order valence-corrected chi connectivity index (χ0v) is 17.4. The fourth-order valence-corrected chi connectivity index (χ4v) is 3.92. The second kappa shape index (κ2) is 9.06. The lowest BCUT2D eigenvalue weighted by atomic mass is 10.1. The topological polar surface area (TPSA) is 92.8 Å². The number of ether oxygens (including phenoxy) is 1. The summed E-state index contributed by atoms with van der Waals surface area (Å²) >= 11 is 0. The lowest BCUT2D eigenvalue weighted by molar-refractivity contribution is -0.152. The molecule has 0 unspecified atom stereocenters. The van der Waals surface area contributed by atoms with E-state index in [2.05, 4.69) is 4.72 Å². The van der Waals surface area contributed by atoms with E-state index in [1.807, 2.05) is 24.3 Å². The van der Waals surface area contributed by atoms with Crippen LogP contribution in [0.15, 0.2) is 77.7 Å². The molecule has 156 valence electrons. The van der Waals surface area contributed by atoms with E-state index < -0.39 is 34.5 Å². The molecule has 3 aromatic rings. The normalized spacial score (nSPS) is 12.3. The molecule has 1 N–H and O–H groups in total. The first-order chi connectivity index (χ1) is 14.3. The average Bonchev–Trinajstić information content (AvgIpc) is 2.77. The van der Waals surface area contributed by atoms with Gasteiger partial charge in [-0.25, -0.2) is 8.42 Å². The Hall–Kier alpha value is -3.23. The van der Waals surface area contributed by atoms with Crippen molar-refractivity contribution in [3.8, 4) is 0 Å². The molecule has 0 bridgehead atoms. The van der Waals surface area contributed by atoms with Gasteiger partial charge in [-0.15, -0.1) is 0 Å². The summed E-state index contributed by atoms with van der Waals surface area (Å²) in [5.74, 6) is -1.27. The van der Waals surface area contributed by atoms with Crippen LogP contribution in [0.2, 0.25) is 0 Å². The van der Waals surface area contributed by atoms with Crippen LogP contribution in [0, 0.1) is 0 Å². The number of nitrogens with zero attached hydrogens (tertiary/aromatic N) is 1. The van der Waals surface area contributed by atoms with E-state index >= 15 is 0 Å². The van der Waals surface area contributed by atoms with Crippen molar-refractivity contribution in [1.82, 2.24) is 4.72 Å². The molecule has 0 spiro atoms. The molecule has 0 heterocycles. The van der Waals surface area contributed by atoms with Gasteiger partial charge in [0, 0.05) is 12.7 Å². The molecule has 0 fully saturated rings. The van der Waals surface area contributed by atoms with Gasteiger partial charge in [0.25, 0.3) is 5.91 Å². The van der Waals surface area contributed by atoms with Crippen LogP contribution in [0.4, 0.5) is 5.69 Å². The van der Waals surface area contributed by atoms with Crippen LogP contribution >= 0.6 is 0 Å². The second-order valence-corrected chi connectivity index (χ2v) is 8.47. The SMILES string of the molecule is C[C@@H](OC(=O)CNS(=O)(=O)c1ccc2ccccc2c1)C(=O)N(C)c1ccccc1. The Bertz CT molecular complexity index is 1160. The van der Waals surface area contributed by atoms with E-state index in [9.17, 15) is 18.0 Å². The van der Waals surface area contributed by atoms with Gasteiger partial charge in [-0.05, 0) is 42.0 Å². The monoisotopic (exact) mass is 426 g/mol. The van der Waals surface area contributed by atoms with Gasteiger partial charge in [0.2, 0.25) is 10.0 Å². The number of carbonyl (C=O) groups is 2. The number of para-hydroxylation sites is 1. The minimum atomic E-state index is -3.91. The summed E-state index contributed by atoms with van der Waals surface area (Å²) in [4.78, 5) is 25.9. The summed E-state index contributed by atoms with van der Waals surface area (Å²) in [6.07, 6.45) is -1.06. The van der Waals surface area contributed by atoms with Crippen LogP contribution in [-0.4, -0.2) is 40.0 Å². The molecular weight excluding hydrogens is 404 g/mol. The van der Waals surface area contributed by atoms with Crippen LogP contribution in [0.1, 0.15) is 6.92 Å². The van der Waals surface area contributed by atoms with E-state index in [0.717, 1.165) is 10.8 Å². The van der Waals surface area contributed by atoms with E-state index in [1.165, 1.54) is 24.0 Å². The third-order valence-corrected chi connectivity index (χ3v) is 5.97. The van der Waals surface area contributed by atoms with Crippen molar-refractivity contribution in [1.29, 1.82) is 0 Å². The Labute approximate surface area is 175 Å². The third kappa shape index (κ3) is 5.03. The van der Waals surface area contributed by atoms with E-state index in [0.29, 0.717) is 5.69 Å². The Morgan fingerprint density at radius 3 is 2.30 bits per heavy atom. The number of benzene rings is 3. The highest BCUT2D eigenvalue weighted by Crippen LogP contribution is 2.19. The Balaban J connectivity index is 1.59. The van der Waals surface area contributed by atoms with Gasteiger partial charge in [0.15, 0.2) is 6.10 Å². The van der Waals surface area contributed by atoms with E-state index in [-0.39, 0.29) is 4.90 Å². The number of nitrogens with one attached hydrogen (secondary N) is 1. The molecule has 0 saturated heterocycles. The lowest BCUT2D eigenvalue weighted by Gasteiger charge is -2.21. The molecule has 0 aromatic heterocycles. The van der Waals surface area contributed by atoms with Gasteiger partial charge < -0.3 is 9.64 Å². The van der Waals surface area contributed by atoms with Crippen LogP contribution in [0.5, 0.6) is 0 Å². The van der Waals surface area contributed by atoms with Crippen molar-refractivity contribution >= 4 is 38.4 Å². The second-order valence-electron chi connectivity index (χ2n) is 6.70. The minimum Gasteiger partial charge on any atom is -0.452 e. The van der Waals surface area contributed by atoms with Crippen molar-refractivity contribution in [2.75, 3.05) is 18.5 Å². The average molecular weight is 426 g/mol. The molecule has 0 saturated carbocycles. The molecule has 0 aliphatic heterocycles. The van der Waals surface area contributed by atoms with Gasteiger partial charge in [-0.1, -0.05) is 48.5 Å². The van der Waals surface area contributed by atoms with Gasteiger partial charge in [0.1, 0.15) is 6.54 Å². The number of anilines is 1. The van der Waals surface area contributed by atoms with E-state index in [1.54, 1.807) is 43.4 Å². The highest BCUT2D eigenvalue weighted by molar-refractivity contribution is 7.89. The molecule has 0 radical (unpaired) electrons. The largest absolute Gasteiger partial charge is 0.452 e. The van der Waals surface area contributed by atoms with Gasteiger partial charge in [-0.3, -0.25) is 9.59 Å². The molecule has 7 nitrogen and oxygen atoms in total. The number of rotatable bonds is 7. The predicted molar refractivity (Wildman–Crippen MR) is 115 cm³/mol. The van der Waals surface area contributed by atoms with Crippen LogP contribution in [0.25, 0.3) is 10.8 Å². The molecule has 0 aliphatic carbocycles. The van der Waals surface area contributed by atoms with Crippen LogP contribution < -0.4 is 9.62 Å². The summed E-state index contributed by atoms with van der Waals surface area (Å²) < 4.78 is 32.3. The number of fused-ring (bicyclic) bond motifs is 1. The summed E-state index contributed by atoms with van der Waals surface area (Å²) in [6.45, 7) is 0.860. The maximum atomic E-state index is 12.5. The first kappa shape index (κ1) is 21.5. The lowest BCUT2D eigenvalue weighted by Crippen LogP contribution is -2.39. The number of likely N-dealkylation sites (N-methyl/N-ethyl adjacent to an activating group) is 1. The van der Waals surface area contributed by atoms with Gasteiger partial charge in [-0.2, -0.15) is 4.72 Å². The number of carbonyl (C=O) groups excluding carboxylic acids is 2. The van der Waals surface area contributed by atoms with Crippen molar-refractivity contribution < 1.29 is 22.7 Å². The number of hydrogen-bond acceptors (Lipinski definition) is 5. The standard InChI is InChI=1S/C22H22N2O5S/c1-16(22(26)24(2)19-10-4-3-5-11-19)29-21(25)15-23-30(27,28)20-13-12-17-8-6-7-9-18(17)14-20/h3-14,16,23H,15H2,1-2H3/t16-/m1/s1. The Morgan fingerprint density at radius 2 is 1.60 bits per heavy atom. The van der Waals surface area contributed by atoms with Gasteiger partial charge >= 0.3 is 5.97 Å². The molecule has 0 aliphatic rings. The highest BCUT2D eigenvalue weighted by atomic mass is 32.2. The predicted octanol–water partition coefficient (Wildman–Crippen LogP) is 2.71. The van der Waals surface area contributed by atoms with Gasteiger partial charge in [0.05, 0.1) is 4.90 Å². The molecule has 8 heteroatoms.